The molecule has 5 N–H and O–H groups in total. The van der Waals surface area contributed by atoms with Crippen molar-refractivity contribution in [3.05, 3.63) is 40.4 Å². The Bertz CT molecular complexity index is 680. The Labute approximate surface area is 129 Å². The van der Waals surface area contributed by atoms with Gasteiger partial charge in [-0.1, -0.05) is 15.9 Å². The van der Waals surface area contributed by atoms with E-state index in [4.69, 9.17) is 0 Å². The van der Waals surface area contributed by atoms with Crippen LogP contribution in [0, 0.1) is 6.92 Å². The molecule has 6 nitrogen and oxygen atoms in total. The predicted octanol–water partition coefficient (Wildman–Crippen LogP) is 3.52. The van der Waals surface area contributed by atoms with Gasteiger partial charge in [0.25, 0.3) is 0 Å². The second-order valence-electron chi connectivity index (χ2n) is 4.40. The number of anilines is 2. The number of urea groups is 1. The fraction of sp³-hybridized carbons (Fsp3) is 0.0714. The number of halogens is 1. The molecule has 0 aromatic heterocycles. The van der Waals surface area contributed by atoms with Gasteiger partial charge in [-0.2, -0.15) is 0 Å². The van der Waals surface area contributed by atoms with E-state index in [2.05, 4.69) is 26.6 Å². The van der Waals surface area contributed by atoms with Crippen LogP contribution in [0.4, 0.5) is 16.2 Å². The highest BCUT2D eigenvalue weighted by Gasteiger charge is 2.11. The summed E-state index contributed by atoms with van der Waals surface area (Å²) in [6, 6.07) is 7.11. The largest absolute Gasteiger partial charge is 0.504 e. The number of phenolic OH excluding ortho intramolecular Hbond substituents is 3. The van der Waals surface area contributed by atoms with Crippen LogP contribution in [0.2, 0.25) is 0 Å². The highest BCUT2D eigenvalue weighted by molar-refractivity contribution is 9.10. The molecule has 0 fully saturated rings. The number of hydrogen-bond acceptors (Lipinski definition) is 4. The highest BCUT2D eigenvalue weighted by atomic mass is 79.9. The van der Waals surface area contributed by atoms with E-state index in [1.54, 1.807) is 12.1 Å². The number of nitrogens with one attached hydrogen (secondary N) is 2. The molecule has 0 aliphatic carbocycles. The smallest absolute Gasteiger partial charge is 0.323 e. The van der Waals surface area contributed by atoms with Gasteiger partial charge >= 0.3 is 6.03 Å². The molecule has 7 heteroatoms. The van der Waals surface area contributed by atoms with Gasteiger partial charge in [-0.25, -0.2) is 4.79 Å². The Morgan fingerprint density at radius 1 is 1.05 bits per heavy atom. The second kappa shape index (κ2) is 5.92. The molecule has 110 valence electrons. The topological polar surface area (TPSA) is 102 Å². The van der Waals surface area contributed by atoms with E-state index in [0.29, 0.717) is 5.69 Å². The van der Waals surface area contributed by atoms with Gasteiger partial charge in [0.15, 0.2) is 17.2 Å². The van der Waals surface area contributed by atoms with Crippen molar-refractivity contribution in [2.24, 2.45) is 0 Å². The van der Waals surface area contributed by atoms with E-state index < -0.39 is 23.3 Å². The van der Waals surface area contributed by atoms with E-state index >= 15 is 0 Å². The summed E-state index contributed by atoms with van der Waals surface area (Å²) >= 11 is 3.33. The molecule has 0 aliphatic heterocycles. The third-order valence-electron chi connectivity index (χ3n) is 2.76. The summed E-state index contributed by atoms with van der Waals surface area (Å²) in [4.78, 5) is 11.9. The molecular weight excluding hydrogens is 340 g/mol. The number of hydrogen-bond donors (Lipinski definition) is 5. The summed E-state index contributed by atoms with van der Waals surface area (Å²) in [5, 5.41) is 33.1. The first kappa shape index (κ1) is 15.0. The Hall–Kier alpha value is -2.41. The van der Waals surface area contributed by atoms with Gasteiger partial charge in [0.2, 0.25) is 0 Å². The number of amides is 2. The van der Waals surface area contributed by atoms with Crippen LogP contribution in [0.3, 0.4) is 0 Å². The van der Waals surface area contributed by atoms with Gasteiger partial charge < -0.3 is 26.0 Å². The first-order chi connectivity index (χ1) is 9.86. The van der Waals surface area contributed by atoms with Crippen molar-refractivity contribution in [1.82, 2.24) is 0 Å². The van der Waals surface area contributed by atoms with Gasteiger partial charge in [0, 0.05) is 22.3 Å². The number of carbonyl (C=O) groups excluding carboxylic acids is 1. The zero-order valence-electron chi connectivity index (χ0n) is 11.0. The van der Waals surface area contributed by atoms with Crippen molar-refractivity contribution in [3.8, 4) is 17.2 Å². The molecule has 2 aromatic carbocycles. The fourth-order valence-corrected chi connectivity index (χ4v) is 2.20. The second-order valence-corrected chi connectivity index (χ2v) is 5.32. The minimum absolute atomic E-state index is 0.148. The van der Waals surface area contributed by atoms with Crippen molar-refractivity contribution in [1.29, 1.82) is 0 Å². The van der Waals surface area contributed by atoms with Crippen molar-refractivity contribution in [2.75, 3.05) is 10.6 Å². The normalized spacial score (nSPS) is 10.2. The maximum absolute atomic E-state index is 11.9. The van der Waals surface area contributed by atoms with Crippen molar-refractivity contribution in [2.45, 2.75) is 6.92 Å². The lowest BCUT2D eigenvalue weighted by atomic mass is 10.2. The Balaban J connectivity index is 2.12. The van der Waals surface area contributed by atoms with Crippen LogP contribution >= 0.6 is 15.9 Å². The maximum atomic E-state index is 11.9. The first-order valence-corrected chi connectivity index (χ1v) is 6.75. The average Bonchev–Trinajstić information content (AvgIpc) is 2.39. The summed E-state index contributed by atoms with van der Waals surface area (Å²) in [6.45, 7) is 1.85. The summed E-state index contributed by atoms with van der Waals surface area (Å²) in [5.74, 6) is -1.68. The molecule has 0 aliphatic rings. The van der Waals surface area contributed by atoms with Crippen molar-refractivity contribution >= 4 is 33.3 Å². The fourth-order valence-electron chi connectivity index (χ4n) is 1.73. The van der Waals surface area contributed by atoms with Gasteiger partial charge in [0.05, 0.1) is 5.69 Å². The minimum atomic E-state index is -0.635. The number of rotatable bonds is 2. The monoisotopic (exact) mass is 352 g/mol. The molecule has 0 atom stereocenters. The van der Waals surface area contributed by atoms with Crippen LogP contribution in [0.25, 0.3) is 0 Å². The molecule has 2 aromatic rings. The van der Waals surface area contributed by atoms with Crippen LogP contribution in [-0.2, 0) is 0 Å². The summed E-state index contributed by atoms with van der Waals surface area (Å²) in [6.07, 6.45) is 0. The van der Waals surface area contributed by atoms with Crippen molar-refractivity contribution < 1.29 is 20.1 Å². The lowest BCUT2D eigenvalue weighted by Crippen LogP contribution is -2.19. The summed E-state index contributed by atoms with van der Waals surface area (Å²) in [5.41, 5.74) is 1.65. The Morgan fingerprint density at radius 3 is 2.24 bits per heavy atom. The molecule has 0 saturated heterocycles. The average molecular weight is 353 g/mol. The quantitative estimate of drug-likeness (QED) is 0.421. The van der Waals surface area contributed by atoms with E-state index in [-0.39, 0.29) is 5.69 Å². The molecular formula is C14H13BrN2O4. The number of aryl methyl sites for hydroxylation is 1. The molecule has 0 heterocycles. The Kier molecular flexibility index (Phi) is 4.23. The van der Waals surface area contributed by atoms with Gasteiger partial charge in [0.1, 0.15) is 0 Å². The van der Waals surface area contributed by atoms with Crippen LogP contribution in [0.15, 0.2) is 34.8 Å². The number of aromatic hydroxyl groups is 3. The molecule has 21 heavy (non-hydrogen) atoms. The van der Waals surface area contributed by atoms with Crippen LogP contribution in [0.5, 0.6) is 17.2 Å². The van der Waals surface area contributed by atoms with E-state index in [0.717, 1.165) is 22.2 Å². The van der Waals surface area contributed by atoms with Gasteiger partial charge in [-0.15, -0.1) is 0 Å². The zero-order valence-corrected chi connectivity index (χ0v) is 12.6. The first-order valence-electron chi connectivity index (χ1n) is 5.96. The van der Waals surface area contributed by atoms with Crippen LogP contribution in [-0.4, -0.2) is 21.4 Å². The number of phenols is 3. The van der Waals surface area contributed by atoms with E-state index in [9.17, 15) is 20.1 Å². The molecule has 0 saturated carbocycles. The molecule has 2 rings (SSSR count). The third-order valence-corrected chi connectivity index (χ3v) is 3.26. The minimum Gasteiger partial charge on any atom is -0.504 e. The summed E-state index contributed by atoms with van der Waals surface area (Å²) in [7, 11) is 0. The summed E-state index contributed by atoms with van der Waals surface area (Å²) < 4.78 is 0.902. The number of benzene rings is 2. The predicted molar refractivity (Wildman–Crippen MR) is 83.0 cm³/mol. The Morgan fingerprint density at radius 2 is 1.67 bits per heavy atom. The van der Waals surface area contributed by atoms with Crippen LogP contribution < -0.4 is 10.6 Å². The molecule has 0 unspecified atom stereocenters. The number of carbonyl (C=O) groups is 1. The molecule has 0 radical (unpaired) electrons. The standard InChI is InChI=1S/C14H13BrN2O4/c1-7-4-8(15)2-3-10(7)17-14(21)16-9-5-11(18)13(20)12(19)6-9/h2-6,18-20H,1H3,(H2,16,17,21). The lowest BCUT2D eigenvalue weighted by Gasteiger charge is -2.11. The van der Waals surface area contributed by atoms with Crippen molar-refractivity contribution in [3.63, 3.8) is 0 Å². The van der Waals surface area contributed by atoms with E-state index in [1.165, 1.54) is 0 Å². The van der Waals surface area contributed by atoms with E-state index in [1.807, 2.05) is 13.0 Å². The van der Waals surface area contributed by atoms with Gasteiger partial charge in [-0.3, -0.25) is 0 Å². The zero-order chi connectivity index (χ0) is 15.6. The SMILES string of the molecule is Cc1cc(Br)ccc1NC(=O)Nc1cc(O)c(O)c(O)c1. The van der Waals surface area contributed by atoms with Gasteiger partial charge in [-0.05, 0) is 30.7 Å². The third kappa shape index (κ3) is 3.57. The molecule has 0 spiro atoms. The highest BCUT2D eigenvalue weighted by Crippen LogP contribution is 2.37. The maximum Gasteiger partial charge on any atom is 0.323 e. The lowest BCUT2D eigenvalue weighted by molar-refractivity contribution is 0.262. The molecule has 0 bridgehead atoms. The van der Waals surface area contributed by atoms with Crippen LogP contribution in [0.1, 0.15) is 5.56 Å². The molecule has 2 amide bonds.